The van der Waals surface area contributed by atoms with Gasteiger partial charge < -0.3 is 11.1 Å². The molecule has 4 N–H and O–H groups in total. The molecule has 0 unspecified atom stereocenters. The summed E-state index contributed by atoms with van der Waals surface area (Å²) >= 11 is 11.5. The van der Waals surface area contributed by atoms with Gasteiger partial charge >= 0.3 is 0 Å². The minimum absolute atomic E-state index is 0.214. The van der Waals surface area contributed by atoms with Gasteiger partial charge in [-0.25, -0.2) is 4.98 Å². The van der Waals surface area contributed by atoms with E-state index in [2.05, 4.69) is 10.3 Å². The number of nitrogens with one attached hydrogen (secondary N) is 2. The maximum absolute atomic E-state index is 11.9. The van der Waals surface area contributed by atoms with Crippen LogP contribution in [0.25, 0.3) is 0 Å². The molecular weight excluding hydrogens is 335 g/mol. The molecule has 1 aromatic carbocycles. The van der Waals surface area contributed by atoms with E-state index in [4.69, 9.17) is 34.3 Å². The van der Waals surface area contributed by atoms with E-state index in [1.165, 1.54) is 12.3 Å². The fourth-order valence-electron chi connectivity index (χ4n) is 1.65. The first-order chi connectivity index (χ1) is 11.0. The van der Waals surface area contributed by atoms with Gasteiger partial charge in [0.15, 0.2) is 0 Å². The summed E-state index contributed by atoms with van der Waals surface area (Å²) in [6.07, 6.45) is 1.31. The number of hydrogen-bond acceptors (Lipinski definition) is 4. The van der Waals surface area contributed by atoms with Crippen molar-refractivity contribution in [3.05, 3.63) is 57.8 Å². The number of halogens is 2. The van der Waals surface area contributed by atoms with Gasteiger partial charge in [-0.1, -0.05) is 49.2 Å². The lowest BCUT2D eigenvalue weighted by Gasteiger charge is -2.08. The second kappa shape index (κ2) is 9.12. The molecule has 5 nitrogen and oxygen atoms in total. The van der Waals surface area contributed by atoms with Gasteiger partial charge in [-0.2, -0.15) is 0 Å². The molecule has 0 atom stereocenters. The Morgan fingerprint density at radius 3 is 2.43 bits per heavy atom. The average Bonchev–Trinajstić information content (AvgIpc) is 2.55. The number of nitrogen functional groups attached to an aromatic ring is 1. The highest BCUT2D eigenvalue weighted by Gasteiger charge is 2.15. The smallest absolute Gasteiger partial charge is 0.270 e. The molecule has 2 aromatic rings. The zero-order valence-corrected chi connectivity index (χ0v) is 14.4. The Balaban J connectivity index is 0.00000127. The van der Waals surface area contributed by atoms with Crippen LogP contribution in [0.4, 0.5) is 5.69 Å². The maximum atomic E-state index is 11.9. The van der Waals surface area contributed by atoms with E-state index >= 15 is 0 Å². The number of pyridine rings is 1. The first-order valence-electron chi connectivity index (χ1n) is 7.00. The number of aromatic nitrogens is 1. The number of benzene rings is 1. The number of carbonyl (C=O) groups excluding carboxylic acids is 1. The predicted molar refractivity (Wildman–Crippen MR) is 95.1 cm³/mol. The zero-order valence-electron chi connectivity index (χ0n) is 12.9. The van der Waals surface area contributed by atoms with E-state index in [1.54, 1.807) is 24.3 Å². The van der Waals surface area contributed by atoms with Crippen molar-refractivity contribution >= 4 is 40.5 Å². The van der Waals surface area contributed by atoms with Crippen LogP contribution in [-0.2, 0) is 11.3 Å². The lowest BCUT2D eigenvalue weighted by molar-refractivity contribution is -0.114. The number of carbonyl (C=O) groups is 1. The van der Waals surface area contributed by atoms with Gasteiger partial charge in [0.2, 0.25) is 0 Å². The van der Waals surface area contributed by atoms with Crippen molar-refractivity contribution in [2.75, 3.05) is 5.73 Å². The van der Waals surface area contributed by atoms with E-state index in [1.807, 2.05) is 13.8 Å². The molecule has 1 heterocycles. The Bertz CT molecular complexity index is 687. The summed E-state index contributed by atoms with van der Waals surface area (Å²) < 4.78 is 0. The van der Waals surface area contributed by atoms with Crippen LogP contribution in [-0.4, -0.2) is 16.6 Å². The van der Waals surface area contributed by atoms with Crippen LogP contribution >= 0.6 is 23.2 Å². The second-order valence-corrected chi connectivity index (χ2v) is 5.10. The normalized spacial score (nSPS) is 9.57. The summed E-state index contributed by atoms with van der Waals surface area (Å²) in [4.78, 5) is 15.8. The number of hydrogen-bond donors (Lipinski definition) is 3. The molecule has 0 aliphatic rings. The standard InChI is InChI=1S/C14H12Cl2N4O.C2H6/c15-9-3-1-8(2-4-9)6-20-14(21)13(18)10-7-19-12(16)5-11(10)17;1-2/h1-5,7,18H,6H2,(H2,17,19)(H,20,21);1-2H3. The van der Waals surface area contributed by atoms with Gasteiger partial charge in [0.25, 0.3) is 5.91 Å². The third-order valence-corrected chi connectivity index (χ3v) is 3.22. The van der Waals surface area contributed by atoms with Crippen LogP contribution in [0.15, 0.2) is 36.5 Å². The Hall–Kier alpha value is -2.11. The monoisotopic (exact) mass is 352 g/mol. The van der Waals surface area contributed by atoms with Crippen LogP contribution in [0, 0.1) is 5.41 Å². The zero-order chi connectivity index (χ0) is 17.4. The fraction of sp³-hybridized carbons (Fsp3) is 0.188. The molecule has 122 valence electrons. The van der Waals surface area contributed by atoms with Crippen molar-refractivity contribution in [1.82, 2.24) is 10.3 Å². The quantitative estimate of drug-likeness (QED) is 0.578. The third kappa shape index (κ3) is 5.54. The van der Waals surface area contributed by atoms with Gasteiger partial charge in [-0.15, -0.1) is 0 Å². The number of rotatable bonds is 4. The van der Waals surface area contributed by atoms with Crippen molar-refractivity contribution in [2.45, 2.75) is 20.4 Å². The van der Waals surface area contributed by atoms with E-state index < -0.39 is 5.91 Å². The molecule has 0 spiro atoms. The molecule has 1 aromatic heterocycles. The molecular formula is C16H18Cl2N4O. The molecule has 23 heavy (non-hydrogen) atoms. The van der Waals surface area contributed by atoms with Gasteiger partial charge in [-0.3, -0.25) is 10.2 Å². The summed E-state index contributed by atoms with van der Waals surface area (Å²) in [6, 6.07) is 8.46. The largest absolute Gasteiger partial charge is 0.398 e. The van der Waals surface area contributed by atoms with Crippen molar-refractivity contribution in [1.29, 1.82) is 5.41 Å². The summed E-state index contributed by atoms with van der Waals surface area (Å²) in [5, 5.41) is 11.3. The average molecular weight is 353 g/mol. The SMILES string of the molecule is CC.N=C(C(=O)NCc1ccc(Cl)cc1)c1cnc(Cl)cc1N. The first-order valence-corrected chi connectivity index (χ1v) is 7.75. The molecule has 0 aliphatic carbocycles. The van der Waals surface area contributed by atoms with Gasteiger partial charge in [0.1, 0.15) is 10.9 Å². The van der Waals surface area contributed by atoms with Gasteiger partial charge in [0.05, 0.1) is 0 Å². The highest BCUT2D eigenvalue weighted by Crippen LogP contribution is 2.15. The van der Waals surface area contributed by atoms with E-state index in [0.717, 1.165) is 5.56 Å². The molecule has 0 fully saturated rings. The van der Waals surface area contributed by atoms with Crippen molar-refractivity contribution < 1.29 is 4.79 Å². The minimum Gasteiger partial charge on any atom is -0.398 e. The molecule has 0 radical (unpaired) electrons. The highest BCUT2D eigenvalue weighted by molar-refractivity contribution is 6.45. The summed E-state index contributed by atoms with van der Waals surface area (Å²) in [5.41, 5.74) is 6.82. The van der Waals surface area contributed by atoms with E-state index in [-0.39, 0.29) is 22.1 Å². The lowest BCUT2D eigenvalue weighted by atomic mass is 10.1. The number of anilines is 1. The van der Waals surface area contributed by atoms with Gasteiger partial charge in [-0.05, 0) is 23.8 Å². The number of amides is 1. The number of nitrogens with two attached hydrogens (primary N) is 1. The van der Waals surface area contributed by atoms with Crippen LogP contribution < -0.4 is 11.1 Å². The van der Waals surface area contributed by atoms with Crippen LogP contribution in [0.5, 0.6) is 0 Å². The summed E-state index contributed by atoms with van der Waals surface area (Å²) in [6.45, 7) is 4.29. The lowest BCUT2D eigenvalue weighted by Crippen LogP contribution is -2.31. The molecule has 0 aliphatic heterocycles. The van der Waals surface area contributed by atoms with Crippen LogP contribution in [0.3, 0.4) is 0 Å². The fourth-order valence-corrected chi connectivity index (χ4v) is 1.94. The molecule has 7 heteroatoms. The topological polar surface area (TPSA) is 91.9 Å². The van der Waals surface area contributed by atoms with E-state index in [0.29, 0.717) is 11.6 Å². The first kappa shape index (κ1) is 18.9. The highest BCUT2D eigenvalue weighted by atomic mass is 35.5. The Morgan fingerprint density at radius 2 is 1.87 bits per heavy atom. The molecule has 0 saturated heterocycles. The summed E-state index contributed by atoms with van der Waals surface area (Å²) in [5.74, 6) is -0.541. The molecule has 0 saturated carbocycles. The van der Waals surface area contributed by atoms with Crippen molar-refractivity contribution in [3.8, 4) is 0 Å². The second-order valence-electron chi connectivity index (χ2n) is 4.28. The third-order valence-electron chi connectivity index (χ3n) is 2.77. The molecule has 0 bridgehead atoms. The summed E-state index contributed by atoms with van der Waals surface area (Å²) in [7, 11) is 0. The van der Waals surface area contributed by atoms with Crippen molar-refractivity contribution in [2.24, 2.45) is 0 Å². The Labute approximate surface area is 145 Å². The Kier molecular flexibility index (Phi) is 7.51. The van der Waals surface area contributed by atoms with Crippen LogP contribution in [0.1, 0.15) is 25.0 Å². The minimum atomic E-state index is -0.541. The maximum Gasteiger partial charge on any atom is 0.270 e. The number of nitrogens with zero attached hydrogens (tertiary/aromatic N) is 1. The predicted octanol–water partition coefficient (Wildman–Crippen LogP) is 3.68. The van der Waals surface area contributed by atoms with E-state index in [9.17, 15) is 4.79 Å². The Morgan fingerprint density at radius 1 is 1.26 bits per heavy atom. The molecule has 2 rings (SSSR count). The van der Waals surface area contributed by atoms with Crippen LogP contribution in [0.2, 0.25) is 10.2 Å². The molecule has 1 amide bonds. The van der Waals surface area contributed by atoms with Gasteiger partial charge in [0, 0.05) is 29.0 Å². The van der Waals surface area contributed by atoms with Crippen molar-refractivity contribution in [3.63, 3.8) is 0 Å².